The van der Waals surface area contributed by atoms with Gasteiger partial charge >= 0.3 is 6.03 Å². The average Bonchev–Trinajstić information content (AvgIpc) is 2.47. The Morgan fingerprint density at radius 3 is 2.69 bits per heavy atom. The van der Waals surface area contributed by atoms with Crippen LogP contribution in [0, 0.1) is 5.41 Å². The van der Waals surface area contributed by atoms with Crippen molar-refractivity contribution in [2.75, 3.05) is 13.1 Å². The summed E-state index contributed by atoms with van der Waals surface area (Å²) in [4.78, 5) is 13.2. The van der Waals surface area contributed by atoms with Crippen LogP contribution in [-0.2, 0) is 0 Å². The van der Waals surface area contributed by atoms with Gasteiger partial charge in [0.15, 0.2) is 0 Å². The van der Waals surface area contributed by atoms with Crippen molar-refractivity contribution in [1.29, 1.82) is 0 Å². The largest absolute Gasteiger partial charge is 0.392 e. The number of aliphatic hydroxyl groups excluding tert-OH is 1. The quantitative estimate of drug-likeness (QED) is 0.610. The smallest absolute Gasteiger partial charge is 0.317 e. The van der Waals surface area contributed by atoms with Gasteiger partial charge in [-0.3, -0.25) is 0 Å². The van der Waals surface area contributed by atoms with Crippen LogP contribution in [0.15, 0.2) is 0 Å². The van der Waals surface area contributed by atoms with Crippen LogP contribution in [-0.4, -0.2) is 41.3 Å². The number of nitrogens with zero attached hydrogens (tertiary/aromatic N) is 1. The third-order valence-electron chi connectivity index (χ3n) is 3.43. The van der Waals surface area contributed by atoms with Crippen LogP contribution >= 0.6 is 0 Å². The van der Waals surface area contributed by atoms with E-state index in [0.717, 1.165) is 19.5 Å². The van der Waals surface area contributed by atoms with Gasteiger partial charge in [0.2, 0.25) is 0 Å². The van der Waals surface area contributed by atoms with Crippen molar-refractivity contribution in [1.82, 2.24) is 10.2 Å². The molecule has 0 spiro atoms. The molecule has 2 rings (SSSR count). The molecule has 2 fully saturated rings. The molecule has 2 amide bonds. The van der Waals surface area contributed by atoms with Crippen LogP contribution < -0.4 is 5.32 Å². The normalized spacial score (nSPS) is 37.2. The molecule has 0 aromatic heterocycles. The third-order valence-corrected chi connectivity index (χ3v) is 3.43. The highest BCUT2D eigenvalue weighted by Gasteiger charge is 2.52. The fourth-order valence-electron chi connectivity index (χ4n) is 2.19. The monoisotopic (exact) mass is 184 g/mol. The lowest BCUT2D eigenvalue weighted by Crippen LogP contribution is -2.61. The maximum Gasteiger partial charge on any atom is 0.317 e. The summed E-state index contributed by atoms with van der Waals surface area (Å²) >= 11 is 0. The zero-order valence-electron chi connectivity index (χ0n) is 8.08. The molecule has 2 N–H and O–H groups in total. The van der Waals surface area contributed by atoms with Gasteiger partial charge < -0.3 is 15.3 Å². The van der Waals surface area contributed by atoms with Gasteiger partial charge in [-0.2, -0.15) is 0 Å². The van der Waals surface area contributed by atoms with Crippen molar-refractivity contribution in [3.8, 4) is 0 Å². The molecular weight excluding hydrogens is 168 g/mol. The molecule has 2 aliphatic rings. The van der Waals surface area contributed by atoms with Crippen molar-refractivity contribution in [2.24, 2.45) is 5.41 Å². The SMILES string of the molecule is CC1(C)C(O)CC1N1CCNC1=O. The van der Waals surface area contributed by atoms with Gasteiger partial charge in [0.1, 0.15) is 0 Å². The van der Waals surface area contributed by atoms with E-state index in [1.807, 2.05) is 18.7 Å². The summed E-state index contributed by atoms with van der Waals surface area (Å²) < 4.78 is 0. The van der Waals surface area contributed by atoms with Gasteiger partial charge in [0, 0.05) is 24.5 Å². The summed E-state index contributed by atoms with van der Waals surface area (Å²) in [6.45, 7) is 5.54. The van der Waals surface area contributed by atoms with Crippen molar-refractivity contribution in [3.63, 3.8) is 0 Å². The minimum absolute atomic E-state index is 0.0185. The Balaban J connectivity index is 2.07. The van der Waals surface area contributed by atoms with Crippen molar-refractivity contribution < 1.29 is 9.90 Å². The van der Waals surface area contributed by atoms with Crippen molar-refractivity contribution in [3.05, 3.63) is 0 Å². The topological polar surface area (TPSA) is 52.6 Å². The number of amides is 2. The first kappa shape index (κ1) is 8.81. The van der Waals surface area contributed by atoms with Crippen LogP contribution in [0.5, 0.6) is 0 Å². The number of rotatable bonds is 1. The van der Waals surface area contributed by atoms with Gasteiger partial charge in [-0.25, -0.2) is 4.79 Å². The molecule has 1 saturated carbocycles. The first-order valence-electron chi connectivity index (χ1n) is 4.76. The zero-order chi connectivity index (χ0) is 9.64. The van der Waals surface area contributed by atoms with E-state index in [2.05, 4.69) is 5.32 Å². The lowest BCUT2D eigenvalue weighted by Gasteiger charge is -2.52. The molecule has 4 heteroatoms. The second-order valence-corrected chi connectivity index (χ2v) is 4.51. The van der Waals surface area contributed by atoms with Crippen LogP contribution in [0.2, 0.25) is 0 Å². The Kier molecular flexibility index (Phi) is 1.77. The minimum Gasteiger partial charge on any atom is -0.392 e. The molecule has 13 heavy (non-hydrogen) atoms. The number of nitrogens with one attached hydrogen (secondary N) is 1. The maximum atomic E-state index is 11.3. The molecule has 2 atom stereocenters. The molecule has 2 unspecified atom stereocenters. The van der Waals surface area contributed by atoms with E-state index in [0.29, 0.717) is 0 Å². The summed E-state index contributed by atoms with van der Waals surface area (Å²) in [5.41, 5.74) is -0.137. The fraction of sp³-hybridized carbons (Fsp3) is 0.889. The predicted octanol–water partition coefficient (Wildman–Crippen LogP) is 0.171. The summed E-state index contributed by atoms with van der Waals surface area (Å²) in [6, 6.07) is 0.231. The van der Waals surface area contributed by atoms with Crippen molar-refractivity contribution >= 4 is 6.03 Å². The number of carbonyl (C=O) groups is 1. The van der Waals surface area contributed by atoms with Crippen LogP contribution in [0.4, 0.5) is 4.79 Å². The Morgan fingerprint density at radius 1 is 1.62 bits per heavy atom. The number of hydrogen-bond acceptors (Lipinski definition) is 2. The summed E-state index contributed by atoms with van der Waals surface area (Å²) in [6.07, 6.45) is 0.464. The number of carbonyl (C=O) groups excluding carboxylic acids is 1. The van der Waals surface area contributed by atoms with Crippen molar-refractivity contribution in [2.45, 2.75) is 32.4 Å². The van der Waals surface area contributed by atoms with Crippen LogP contribution in [0.3, 0.4) is 0 Å². The molecular formula is C9H16N2O2. The van der Waals surface area contributed by atoms with Crippen LogP contribution in [0.1, 0.15) is 20.3 Å². The first-order chi connectivity index (χ1) is 6.03. The lowest BCUT2D eigenvalue weighted by molar-refractivity contribution is -0.103. The number of urea groups is 1. The highest BCUT2D eigenvalue weighted by molar-refractivity contribution is 5.76. The number of hydrogen-bond donors (Lipinski definition) is 2. The highest BCUT2D eigenvalue weighted by atomic mass is 16.3. The molecule has 0 aromatic carbocycles. The number of aliphatic hydroxyl groups is 1. The second kappa shape index (κ2) is 2.61. The summed E-state index contributed by atoms with van der Waals surface area (Å²) in [5.74, 6) is 0. The van der Waals surface area contributed by atoms with Gasteiger partial charge in [-0.1, -0.05) is 13.8 Å². The van der Waals surface area contributed by atoms with E-state index in [9.17, 15) is 9.90 Å². The molecule has 0 radical (unpaired) electrons. The standard InChI is InChI=1S/C9H16N2O2/c1-9(2)6(5-7(9)12)11-4-3-10-8(11)13/h6-7,12H,3-5H2,1-2H3,(H,10,13). The Labute approximate surface area is 77.9 Å². The molecule has 0 bridgehead atoms. The lowest BCUT2D eigenvalue weighted by atomic mass is 9.64. The summed E-state index contributed by atoms with van der Waals surface area (Å²) in [5, 5.41) is 12.3. The highest BCUT2D eigenvalue weighted by Crippen LogP contribution is 2.44. The molecule has 1 heterocycles. The third kappa shape index (κ3) is 1.12. The summed E-state index contributed by atoms with van der Waals surface area (Å²) in [7, 11) is 0. The minimum atomic E-state index is -0.258. The zero-order valence-corrected chi connectivity index (χ0v) is 8.08. The first-order valence-corrected chi connectivity index (χ1v) is 4.76. The second-order valence-electron chi connectivity index (χ2n) is 4.51. The Morgan fingerprint density at radius 2 is 2.31 bits per heavy atom. The van der Waals surface area contributed by atoms with Gasteiger partial charge in [-0.05, 0) is 6.42 Å². The van der Waals surface area contributed by atoms with Crippen LogP contribution in [0.25, 0.3) is 0 Å². The van der Waals surface area contributed by atoms with E-state index in [1.54, 1.807) is 0 Å². The molecule has 0 aromatic rings. The molecule has 1 saturated heterocycles. The van der Waals surface area contributed by atoms with E-state index >= 15 is 0 Å². The van der Waals surface area contributed by atoms with E-state index in [-0.39, 0.29) is 23.6 Å². The molecule has 1 aliphatic heterocycles. The van der Waals surface area contributed by atoms with E-state index in [1.165, 1.54) is 0 Å². The molecule has 74 valence electrons. The van der Waals surface area contributed by atoms with E-state index < -0.39 is 0 Å². The molecule has 1 aliphatic carbocycles. The maximum absolute atomic E-state index is 11.3. The Hall–Kier alpha value is -0.770. The predicted molar refractivity (Wildman–Crippen MR) is 48.3 cm³/mol. The average molecular weight is 184 g/mol. The molecule has 4 nitrogen and oxygen atoms in total. The van der Waals surface area contributed by atoms with Gasteiger partial charge in [0.25, 0.3) is 0 Å². The Bertz CT molecular complexity index is 240. The van der Waals surface area contributed by atoms with Gasteiger partial charge in [-0.15, -0.1) is 0 Å². The van der Waals surface area contributed by atoms with E-state index in [4.69, 9.17) is 0 Å². The van der Waals surface area contributed by atoms with Gasteiger partial charge in [0.05, 0.1) is 6.10 Å². The fourth-order valence-corrected chi connectivity index (χ4v) is 2.19.